The molecular weight excluding hydrogens is 238 g/mol. The molecule has 2 atom stereocenters. The van der Waals surface area contributed by atoms with E-state index in [4.69, 9.17) is 5.73 Å². The molecule has 1 aromatic rings. The number of carbonyl (C=O) groups is 1. The van der Waals surface area contributed by atoms with Crippen LogP contribution < -0.4 is 5.73 Å². The fourth-order valence-electron chi connectivity index (χ4n) is 3.18. The normalized spacial score (nSPS) is 26.7. The van der Waals surface area contributed by atoms with Crippen molar-refractivity contribution < 1.29 is 4.79 Å². The molecule has 4 heteroatoms. The fraction of sp³-hybridized carbons (Fsp3) is 0.533. The van der Waals surface area contributed by atoms with Crippen molar-refractivity contribution in [3.8, 4) is 0 Å². The maximum atomic E-state index is 12.7. The highest BCUT2D eigenvalue weighted by Gasteiger charge is 2.38. The predicted octanol–water partition coefficient (Wildman–Crippen LogP) is 0.428. The molecule has 1 heterocycles. The number of amides is 1. The van der Waals surface area contributed by atoms with E-state index in [1.165, 1.54) is 11.1 Å². The van der Waals surface area contributed by atoms with Crippen LogP contribution in [0.2, 0.25) is 0 Å². The lowest BCUT2D eigenvalue weighted by atomic mass is 9.76. The van der Waals surface area contributed by atoms with Crippen molar-refractivity contribution in [3.05, 3.63) is 35.4 Å². The lowest BCUT2D eigenvalue weighted by molar-refractivity contribution is -0.137. The lowest BCUT2D eigenvalue weighted by Crippen LogP contribution is -2.58. The third kappa shape index (κ3) is 2.15. The first-order valence-corrected chi connectivity index (χ1v) is 6.97. The Kier molecular flexibility index (Phi) is 3.29. The van der Waals surface area contributed by atoms with Crippen LogP contribution in [0.4, 0.5) is 0 Å². The van der Waals surface area contributed by atoms with E-state index in [1.54, 1.807) is 0 Å². The van der Waals surface area contributed by atoms with Gasteiger partial charge in [0, 0.05) is 26.2 Å². The third-order valence-corrected chi connectivity index (χ3v) is 4.39. The Morgan fingerprint density at radius 3 is 2.89 bits per heavy atom. The van der Waals surface area contributed by atoms with Crippen LogP contribution in [0.15, 0.2) is 24.3 Å². The minimum atomic E-state index is 0.0636. The van der Waals surface area contributed by atoms with Gasteiger partial charge in [-0.2, -0.15) is 0 Å². The van der Waals surface area contributed by atoms with Gasteiger partial charge in [0.2, 0.25) is 5.91 Å². The number of hydrogen-bond acceptors (Lipinski definition) is 3. The molecule has 0 radical (unpaired) electrons. The highest BCUT2D eigenvalue weighted by atomic mass is 16.2. The number of likely N-dealkylation sites (N-methyl/N-ethyl adjacent to an activating group) is 1. The van der Waals surface area contributed by atoms with E-state index in [-0.39, 0.29) is 17.9 Å². The minimum absolute atomic E-state index is 0.0636. The summed E-state index contributed by atoms with van der Waals surface area (Å²) in [6, 6.07) is 8.41. The van der Waals surface area contributed by atoms with E-state index in [0.717, 1.165) is 26.1 Å². The third-order valence-electron chi connectivity index (χ3n) is 4.39. The molecule has 4 nitrogen and oxygen atoms in total. The molecule has 0 saturated carbocycles. The zero-order valence-electron chi connectivity index (χ0n) is 11.4. The summed E-state index contributed by atoms with van der Waals surface area (Å²) in [7, 11) is 2.09. The topological polar surface area (TPSA) is 49.6 Å². The first-order valence-electron chi connectivity index (χ1n) is 6.97. The molecule has 2 N–H and O–H groups in total. The SMILES string of the molecule is CN1CCN(C(=O)C2Cc3ccccc32)C(CN)C1. The van der Waals surface area contributed by atoms with Crippen molar-refractivity contribution in [1.29, 1.82) is 0 Å². The Hall–Kier alpha value is -1.39. The zero-order valence-corrected chi connectivity index (χ0v) is 11.4. The van der Waals surface area contributed by atoms with E-state index in [0.29, 0.717) is 6.54 Å². The van der Waals surface area contributed by atoms with E-state index >= 15 is 0 Å². The van der Waals surface area contributed by atoms with E-state index in [1.807, 2.05) is 17.0 Å². The molecule has 1 aliphatic heterocycles. The smallest absolute Gasteiger partial charge is 0.230 e. The van der Waals surface area contributed by atoms with Gasteiger partial charge in [0.25, 0.3) is 0 Å². The highest BCUT2D eigenvalue weighted by Crippen LogP contribution is 2.36. The van der Waals surface area contributed by atoms with Crippen LogP contribution in [0, 0.1) is 0 Å². The Morgan fingerprint density at radius 1 is 1.37 bits per heavy atom. The fourth-order valence-corrected chi connectivity index (χ4v) is 3.18. The molecular formula is C15H21N3O. The molecule has 1 aliphatic carbocycles. The van der Waals surface area contributed by atoms with Crippen molar-refractivity contribution in [2.45, 2.75) is 18.4 Å². The molecule has 1 aromatic carbocycles. The Morgan fingerprint density at radius 2 is 2.16 bits per heavy atom. The van der Waals surface area contributed by atoms with Gasteiger partial charge in [0.1, 0.15) is 0 Å². The van der Waals surface area contributed by atoms with Gasteiger partial charge >= 0.3 is 0 Å². The second-order valence-corrected chi connectivity index (χ2v) is 5.64. The summed E-state index contributed by atoms with van der Waals surface area (Å²) in [5.41, 5.74) is 8.36. The summed E-state index contributed by atoms with van der Waals surface area (Å²) in [5.74, 6) is 0.330. The molecule has 1 fully saturated rings. The van der Waals surface area contributed by atoms with Crippen molar-refractivity contribution in [2.75, 3.05) is 33.2 Å². The van der Waals surface area contributed by atoms with E-state index in [9.17, 15) is 4.79 Å². The number of nitrogens with two attached hydrogens (primary N) is 1. The lowest BCUT2D eigenvalue weighted by Gasteiger charge is -2.43. The Bertz CT molecular complexity index is 488. The van der Waals surface area contributed by atoms with Gasteiger partial charge in [-0.05, 0) is 24.6 Å². The van der Waals surface area contributed by atoms with Crippen LogP contribution >= 0.6 is 0 Å². The molecule has 0 spiro atoms. The molecule has 2 aliphatic rings. The van der Waals surface area contributed by atoms with Gasteiger partial charge in [0.05, 0.1) is 12.0 Å². The molecule has 0 aromatic heterocycles. The van der Waals surface area contributed by atoms with E-state index in [2.05, 4.69) is 24.1 Å². The molecule has 1 amide bonds. The van der Waals surface area contributed by atoms with Crippen LogP contribution in [0.3, 0.4) is 0 Å². The van der Waals surface area contributed by atoms with Crippen LogP contribution in [0.1, 0.15) is 17.0 Å². The maximum absolute atomic E-state index is 12.7. The van der Waals surface area contributed by atoms with Crippen LogP contribution in [-0.4, -0.2) is 55.0 Å². The number of benzene rings is 1. The largest absolute Gasteiger partial charge is 0.335 e. The number of nitrogens with zero attached hydrogens (tertiary/aromatic N) is 2. The van der Waals surface area contributed by atoms with Gasteiger partial charge in [0.15, 0.2) is 0 Å². The van der Waals surface area contributed by atoms with Gasteiger partial charge in [-0.15, -0.1) is 0 Å². The van der Waals surface area contributed by atoms with Crippen LogP contribution in [0.25, 0.3) is 0 Å². The number of carbonyl (C=O) groups excluding carboxylic acids is 1. The highest BCUT2D eigenvalue weighted by molar-refractivity contribution is 5.87. The second-order valence-electron chi connectivity index (χ2n) is 5.64. The number of rotatable bonds is 2. The number of piperazine rings is 1. The summed E-state index contributed by atoms with van der Waals surface area (Å²) in [6.45, 7) is 3.17. The van der Waals surface area contributed by atoms with Crippen molar-refractivity contribution >= 4 is 5.91 Å². The molecule has 0 bridgehead atoms. The minimum Gasteiger partial charge on any atom is -0.335 e. The summed E-state index contributed by atoms with van der Waals surface area (Å²) in [6.07, 6.45) is 0.888. The zero-order chi connectivity index (χ0) is 13.4. The number of fused-ring (bicyclic) bond motifs is 1. The van der Waals surface area contributed by atoms with Crippen LogP contribution in [-0.2, 0) is 11.2 Å². The van der Waals surface area contributed by atoms with Gasteiger partial charge < -0.3 is 15.5 Å². The first-order chi connectivity index (χ1) is 9.20. The molecule has 1 saturated heterocycles. The molecule has 2 unspecified atom stereocenters. The van der Waals surface area contributed by atoms with E-state index < -0.39 is 0 Å². The first kappa shape index (κ1) is 12.6. The Balaban J connectivity index is 1.75. The summed E-state index contributed by atoms with van der Waals surface area (Å²) >= 11 is 0. The van der Waals surface area contributed by atoms with Crippen molar-refractivity contribution in [1.82, 2.24) is 9.80 Å². The van der Waals surface area contributed by atoms with Gasteiger partial charge in [-0.3, -0.25) is 4.79 Å². The average molecular weight is 259 g/mol. The molecule has 102 valence electrons. The number of hydrogen-bond donors (Lipinski definition) is 1. The van der Waals surface area contributed by atoms with Crippen molar-refractivity contribution in [3.63, 3.8) is 0 Å². The average Bonchev–Trinajstić information content (AvgIpc) is 2.39. The maximum Gasteiger partial charge on any atom is 0.230 e. The monoisotopic (exact) mass is 259 g/mol. The summed E-state index contributed by atoms with van der Waals surface area (Å²) in [5, 5.41) is 0. The molecule has 3 rings (SSSR count). The van der Waals surface area contributed by atoms with Gasteiger partial charge in [-0.25, -0.2) is 0 Å². The van der Waals surface area contributed by atoms with Crippen molar-refractivity contribution in [2.24, 2.45) is 5.73 Å². The summed E-state index contributed by atoms with van der Waals surface area (Å²) in [4.78, 5) is 16.9. The molecule has 19 heavy (non-hydrogen) atoms. The van der Waals surface area contributed by atoms with Crippen LogP contribution in [0.5, 0.6) is 0 Å². The quantitative estimate of drug-likeness (QED) is 0.838. The standard InChI is InChI=1S/C15H21N3O/c1-17-6-7-18(12(9-16)10-17)15(19)14-8-11-4-2-3-5-13(11)14/h2-5,12,14H,6-10,16H2,1H3. The Labute approximate surface area is 114 Å². The summed E-state index contributed by atoms with van der Waals surface area (Å²) < 4.78 is 0. The van der Waals surface area contributed by atoms with Gasteiger partial charge in [-0.1, -0.05) is 24.3 Å². The second kappa shape index (κ2) is 4.94. The predicted molar refractivity (Wildman–Crippen MR) is 74.9 cm³/mol.